The van der Waals surface area contributed by atoms with Gasteiger partial charge in [0.2, 0.25) is 0 Å². The maximum Gasteiger partial charge on any atom is 0.120 e. The molecular weight excluding hydrogens is 679 g/mol. The van der Waals surface area contributed by atoms with Gasteiger partial charge >= 0.3 is 0 Å². The first-order chi connectivity index (χ1) is 15.8. The van der Waals surface area contributed by atoms with Gasteiger partial charge in [0.15, 0.2) is 0 Å². The van der Waals surface area contributed by atoms with Gasteiger partial charge in [0.25, 0.3) is 0 Å². The smallest absolute Gasteiger partial charge is 0.120 e. The Morgan fingerprint density at radius 2 is 1.09 bits per heavy atom. The van der Waals surface area contributed by atoms with Crippen LogP contribution in [0.5, 0.6) is 11.5 Å². The Kier molecular flexibility index (Phi) is 10.2. The van der Waals surface area contributed by atoms with Crippen LogP contribution in [-0.2, 0) is 10.8 Å². The van der Waals surface area contributed by atoms with Crippen molar-refractivity contribution in [3.63, 3.8) is 0 Å². The van der Waals surface area contributed by atoms with E-state index in [9.17, 15) is 19.6 Å². The molecule has 0 aromatic heterocycles. The summed E-state index contributed by atoms with van der Waals surface area (Å²) in [5, 5.41) is 0. The summed E-state index contributed by atoms with van der Waals surface area (Å²) in [5.74, 6) is 0.438. The zero-order valence-corrected chi connectivity index (χ0v) is 25.8. The Morgan fingerprint density at radius 3 is 1.60 bits per heavy atom. The Hall–Kier alpha value is -1.16. The Labute approximate surface area is 229 Å². The van der Waals surface area contributed by atoms with E-state index in [-0.39, 0.29) is 48.5 Å². The van der Waals surface area contributed by atoms with Crippen LogP contribution in [0.3, 0.4) is 0 Å². The van der Waals surface area contributed by atoms with Crippen LogP contribution in [0.25, 0.3) is 22.3 Å². The van der Waals surface area contributed by atoms with Crippen molar-refractivity contribution >= 4 is 43.4 Å². The molecule has 0 N–H and O–H groups in total. The standard InChI is InChI=1S/C26H28O6P2.Bi/c1-25(2,3)18-9-13-22(24(15-18)26(4,5)6)23-16-20(32-34(29)30)12-14-21(23)17-7-10-19(11-8-17)31-33(27)28;/h7-16H,1-6H3;/q-4;. The molecule has 0 saturated carbocycles. The van der Waals surface area contributed by atoms with Crippen LogP contribution in [0.15, 0.2) is 60.7 Å². The van der Waals surface area contributed by atoms with Gasteiger partial charge in [-0.05, 0) is 68.5 Å². The van der Waals surface area contributed by atoms with Crippen LogP contribution < -0.4 is 28.6 Å². The molecule has 0 bridgehead atoms. The first-order valence-electron chi connectivity index (χ1n) is 10.8. The second kappa shape index (κ2) is 11.9. The van der Waals surface area contributed by atoms with E-state index in [1.54, 1.807) is 42.5 Å². The number of hydrogen-bond donors (Lipinski definition) is 0. The molecule has 3 rings (SSSR count). The quantitative estimate of drug-likeness (QED) is 0.284. The first-order valence-corrected chi connectivity index (χ1v) is 13.0. The van der Waals surface area contributed by atoms with Crippen molar-refractivity contribution in [2.45, 2.75) is 52.4 Å². The molecule has 0 unspecified atom stereocenters. The van der Waals surface area contributed by atoms with E-state index in [4.69, 9.17) is 9.05 Å². The van der Waals surface area contributed by atoms with Gasteiger partial charge in [0.05, 0.1) is 0 Å². The minimum absolute atomic E-state index is 0. The molecule has 0 aliphatic heterocycles. The summed E-state index contributed by atoms with van der Waals surface area (Å²) in [7, 11) is -6.06. The number of benzene rings is 3. The molecule has 3 aromatic carbocycles. The second-order valence-electron chi connectivity index (χ2n) is 10.1. The minimum atomic E-state index is -3.06. The van der Waals surface area contributed by atoms with Crippen LogP contribution in [0.1, 0.15) is 52.7 Å². The number of hydrogen-bond acceptors (Lipinski definition) is 6. The molecule has 9 heteroatoms. The van der Waals surface area contributed by atoms with Gasteiger partial charge in [0.1, 0.15) is 11.5 Å². The van der Waals surface area contributed by atoms with Gasteiger partial charge in [-0.25, -0.2) is 0 Å². The molecule has 187 valence electrons. The molecule has 0 aliphatic carbocycles. The summed E-state index contributed by atoms with van der Waals surface area (Å²) < 4.78 is 9.76. The molecule has 35 heavy (non-hydrogen) atoms. The summed E-state index contributed by atoms with van der Waals surface area (Å²) in [6, 6.07) is 18.2. The Balaban J connectivity index is 0.00000432. The molecule has 3 radical (unpaired) electrons. The van der Waals surface area contributed by atoms with Gasteiger partial charge in [-0.2, -0.15) is 0 Å². The maximum atomic E-state index is 11.2. The fourth-order valence-electron chi connectivity index (χ4n) is 3.79. The number of rotatable bonds is 6. The molecular formula is C26H28BiO6P2-4. The Morgan fingerprint density at radius 1 is 0.571 bits per heavy atom. The fraction of sp³-hybridized carbons (Fsp3) is 0.308. The summed E-state index contributed by atoms with van der Waals surface area (Å²) in [6.45, 7) is 12.9. The molecule has 0 aliphatic rings. The zero-order valence-electron chi connectivity index (χ0n) is 20.6. The summed E-state index contributed by atoms with van der Waals surface area (Å²) >= 11 is 0. The average molecular weight is 707 g/mol. The topological polar surface area (TPSA) is 111 Å². The van der Waals surface area contributed by atoms with Gasteiger partial charge < -0.3 is 28.6 Å². The molecule has 0 fully saturated rings. The zero-order chi connectivity index (χ0) is 25.3. The molecule has 0 amide bonds. The van der Waals surface area contributed by atoms with Crippen molar-refractivity contribution in [3.05, 3.63) is 71.8 Å². The molecule has 0 saturated heterocycles. The van der Waals surface area contributed by atoms with Crippen molar-refractivity contribution in [1.29, 1.82) is 0 Å². The first kappa shape index (κ1) is 30.1. The summed E-state index contributed by atoms with van der Waals surface area (Å²) in [5.41, 5.74) is 5.53. The monoisotopic (exact) mass is 707 g/mol. The fourth-order valence-corrected chi connectivity index (χ4v) is 4.37. The van der Waals surface area contributed by atoms with Gasteiger partial charge in [0, 0.05) is 26.2 Å². The van der Waals surface area contributed by atoms with Crippen LogP contribution in [-0.4, -0.2) is 26.2 Å². The molecule has 3 aromatic rings. The van der Waals surface area contributed by atoms with Crippen molar-refractivity contribution < 1.29 is 28.6 Å². The van der Waals surface area contributed by atoms with E-state index < -0.39 is 17.2 Å². The summed E-state index contributed by atoms with van der Waals surface area (Å²) in [4.78, 5) is 44.2. The summed E-state index contributed by atoms with van der Waals surface area (Å²) in [6.07, 6.45) is 0. The van der Waals surface area contributed by atoms with Gasteiger partial charge in [-0.15, -0.1) is 0 Å². The largest absolute Gasteiger partial charge is 0.810 e. The third-order valence-corrected chi connectivity index (χ3v) is 6.22. The third kappa shape index (κ3) is 7.91. The molecule has 6 nitrogen and oxygen atoms in total. The van der Waals surface area contributed by atoms with Gasteiger partial charge in [-0.3, -0.25) is 0 Å². The maximum absolute atomic E-state index is 11.2. The normalized spacial score (nSPS) is 12.0. The van der Waals surface area contributed by atoms with Crippen LogP contribution in [0, 0.1) is 0 Å². The van der Waals surface area contributed by atoms with Crippen LogP contribution in [0.4, 0.5) is 0 Å². The van der Waals surface area contributed by atoms with Crippen molar-refractivity contribution in [2.24, 2.45) is 0 Å². The van der Waals surface area contributed by atoms with E-state index in [2.05, 4.69) is 59.7 Å². The van der Waals surface area contributed by atoms with Gasteiger partial charge in [-0.1, -0.05) is 95.1 Å². The van der Waals surface area contributed by atoms with Crippen molar-refractivity contribution in [3.8, 4) is 33.8 Å². The molecule has 0 atom stereocenters. The van der Waals surface area contributed by atoms with Crippen LogP contribution in [0.2, 0.25) is 0 Å². The second-order valence-corrected chi connectivity index (χ2v) is 11.4. The third-order valence-electron chi connectivity index (χ3n) is 5.50. The predicted molar refractivity (Wildman–Crippen MR) is 136 cm³/mol. The van der Waals surface area contributed by atoms with E-state index in [0.717, 1.165) is 27.8 Å². The minimum Gasteiger partial charge on any atom is -0.810 e. The molecule has 0 spiro atoms. The SMILES string of the molecule is CC(C)(C)c1ccc(-c2cc(OP([O-])[O-])ccc2-c2ccc(OP([O-])[O-])cc2)c(C(C)(C)C)c1.[Bi]. The van der Waals surface area contributed by atoms with E-state index in [0.29, 0.717) is 0 Å². The van der Waals surface area contributed by atoms with E-state index >= 15 is 0 Å². The average Bonchev–Trinajstić information content (AvgIpc) is 2.72. The predicted octanol–water partition coefficient (Wildman–Crippen LogP) is 3.89. The van der Waals surface area contributed by atoms with E-state index in [1.165, 1.54) is 5.56 Å². The Bertz CT molecular complexity index is 1140. The van der Waals surface area contributed by atoms with Crippen molar-refractivity contribution in [2.75, 3.05) is 0 Å². The van der Waals surface area contributed by atoms with Crippen LogP contribution >= 0.6 is 17.2 Å². The van der Waals surface area contributed by atoms with Crippen molar-refractivity contribution in [1.82, 2.24) is 0 Å². The molecule has 0 heterocycles. The van der Waals surface area contributed by atoms with E-state index in [1.807, 2.05) is 0 Å².